The molecule has 0 spiro atoms. The van der Waals surface area contributed by atoms with Crippen molar-refractivity contribution in [2.75, 3.05) is 0 Å². The highest BCUT2D eigenvalue weighted by molar-refractivity contribution is 9.11. The minimum atomic E-state index is 0.500. The van der Waals surface area contributed by atoms with Crippen molar-refractivity contribution in [1.29, 1.82) is 0 Å². The van der Waals surface area contributed by atoms with Crippen molar-refractivity contribution in [3.05, 3.63) is 58.1 Å². The molecule has 1 aromatic carbocycles. The molecule has 0 fully saturated rings. The van der Waals surface area contributed by atoms with Crippen LogP contribution in [0.2, 0.25) is 0 Å². The Morgan fingerprint density at radius 1 is 1.27 bits per heavy atom. The lowest BCUT2D eigenvalue weighted by molar-refractivity contribution is 0.907. The van der Waals surface area contributed by atoms with E-state index in [9.17, 15) is 0 Å². The zero-order chi connectivity index (χ0) is 10.7. The van der Waals surface area contributed by atoms with Crippen molar-refractivity contribution in [3.8, 4) is 0 Å². The molecule has 0 saturated carbocycles. The monoisotopic (exact) mass is 262 g/mol. The van der Waals surface area contributed by atoms with Gasteiger partial charge < -0.3 is 0 Å². The Labute approximate surface area is 99.8 Å². The van der Waals surface area contributed by atoms with Crippen LogP contribution in [0.25, 0.3) is 0 Å². The Kier molecular flexibility index (Phi) is 3.42. The highest BCUT2D eigenvalue weighted by Gasteiger charge is 2.08. The number of benzene rings is 1. The van der Waals surface area contributed by atoms with Crippen molar-refractivity contribution in [1.82, 2.24) is 0 Å². The van der Waals surface area contributed by atoms with Crippen LogP contribution in [0, 0.1) is 0 Å². The summed E-state index contributed by atoms with van der Waals surface area (Å²) in [4.78, 5) is 0. The molecule has 0 radical (unpaired) electrons. The molecule has 0 aromatic heterocycles. The number of halogens is 1. The summed E-state index contributed by atoms with van der Waals surface area (Å²) < 4.78 is 1.20. The van der Waals surface area contributed by atoms with Gasteiger partial charge in [-0.3, -0.25) is 0 Å². The van der Waals surface area contributed by atoms with Crippen LogP contribution in [0.1, 0.15) is 30.4 Å². The predicted molar refractivity (Wildman–Crippen MR) is 69.3 cm³/mol. The van der Waals surface area contributed by atoms with Crippen LogP contribution in [0.4, 0.5) is 0 Å². The third-order valence-electron chi connectivity index (χ3n) is 2.84. The van der Waals surface area contributed by atoms with E-state index in [0.29, 0.717) is 5.92 Å². The fourth-order valence-electron chi connectivity index (χ4n) is 1.98. The summed E-state index contributed by atoms with van der Waals surface area (Å²) in [5, 5.41) is 0. The van der Waals surface area contributed by atoms with E-state index >= 15 is 0 Å². The Balaban J connectivity index is 2.39. The molecule has 0 aliphatic heterocycles. The molecular formula is C14H15Br. The lowest BCUT2D eigenvalue weighted by Gasteiger charge is -2.11. The van der Waals surface area contributed by atoms with E-state index in [4.69, 9.17) is 0 Å². The van der Waals surface area contributed by atoms with Gasteiger partial charge >= 0.3 is 0 Å². The molecule has 0 amide bonds. The topological polar surface area (TPSA) is 0 Å². The number of hydrogen-bond acceptors (Lipinski definition) is 0. The van der Waals surface area contributed by atoms with Gasteiger partial charge in [-0.15, -0.1) is 0 Å². The van der Waals surface area contributed by atoms with E-state index in [2.05, 4.69) is 65.3 Å². The SMILES string of the molecule is CC1/C=C\C(Br)=C/CCc2ccccc21. The third kappa shape index (κ3) is 2.60. The van der Waals surface area contributed by atoms with Gasteiger partial charge in [0.25, 0.3) is 0 Å². The van der Waals surface area contributed by atoms with Crippen LogP contribution < -0.4 is 0 Å². The summed E-state index contributed by atoms with van der Waals surface area (Å²) in [5.41, 5.74) is 2.94. The zero-order valence-electron chi connectivity index (χ0n) is 8.91. The maximum absolute atomic E-state index is 3.55. The molecule has 78 valence electrons. The maximum Gasteiger partial charge on any atom is 0.0132 e. The molecule has 0 N–H and O–H groups in total. The number of hydrogen-bond donors (Lipinski definition) is 0. The van der Waals surface area contributed by atoms with Crippen LogP contribution in [-0.2, 0) is 6.42 Å². The highest BCUT2D eigenvalue weighted by atomic mass is 79.9. The van der Waals surface area contributed by atoms with Gasteiger partial charge in [0.1, 0.15) is 0 Å². The summed E-state index contributed by atoms with van der Waals surface area (Å²) >= 11 is 3.55. The minimum absolute atomic E-state index is 0.500. The van der Waals surface area contributed by atoms with Gasteiger partial charge in [0.05, 0.1) is 0 Å². The molecule has 0 nitrogen and oxygen atoms in total. The number of rotatable bonds is 0. The van der Waals surface area contributed by atoms with Crippen molar-refractivity contribution < 1.29 is 0 Å². The third-order valence-corrected chi connectivity index (χ3v) is 3.43. The van der Waals surface area contributed by atoms with Gasteiger partial charge in [-0.2, -0.15) is 0 Å². The van der Waals surface area contributed by atoms with Crippen molar-refractivity contribution >= 4 is 15.9 Å². The Morgan fingerprint density at radius 3 is 2.93 bits per heavy atom. The summed E-state index contributed by atoms with van der Waals surface area (Å²) in [6.07, 6.45) is 8.90. The first-order valence-corrected chi connectivity index (χ1v) is 6.18. The molecule has 1 heteroatoms. The van der Waals surface area contributed by atoms with E-state index in [1.165, 1.54) is 15.6 Å². The first kappa shape index (κ1) is 10.7. The van der Waals surface area contributed by atoms with E-state index in [1.807, 2.05) is 0 Å². The fourth-order valence-corrected chi connectivity index (χ4v) is 2.36. The largest absolute Gasteiger partial charge is 0.0762 e. The number of aryl methyl sites for hydroxylation is 1. The quantitative estimate of drug-likeness (QED) is 0.643. The molecule has 0 saturated heterocycles. The van der Waals surface area contributed by atoms with Gasteiger partial charge in [0, 0.05) is 4.48 Å². The molecule has 0 heterocycles. The molecule has 1 atom stereocenters. The van der Waals surface area contributed by atoms with Gasteiger partial charge in [-0.25, -0.2) is 0 Å². The lowest BCUT2D eigenvalue weighted by atomic mass is 9.93. The lowest BCUT2D eigenvalue weighted by Crippen LogP contribution is -1.96. The number of fused-ring (bicyclic) bond motifs is 1. The molecule has 15 heavy (non-hydrogen) atoms. The second-order valence-electron chi connectivity index (χ2n) is 3.97. The Bertz CT molecular complexity index is 402. The minimum Gasteiger partial charge on any atom is -0.0762 e. The summed E-state index contributed by atoms with van der Waals surface area (Å²) in [6, 6.07) is 8.74. The van der Waals surface area contributed by atoms with Gasteiger partial charge in [0.2, 0.25) is 0 Å². The maximum atomic E-state index is 3.55. The van der Waals surface area contributed by atoms with Crippen molar-refractivity contribution in [2.24, 2.45) is 0 Å². The average molecular weight is 263 g/mol. The standard InChI is InChI=1S/C14H15Br/c1-11-9-10-13(15)7-4-6-12-5-2-3-8-14(11)12/h2-3,5,7-11H,4,6H2,1H3/b10-9-,13-7+. The molecule has 1 aliphatic carbocycles. The second-order valence-corrected chi connectivity index (χ2v) is 4.89. The number of allylic oxidation sites excluding steroid dienone is 4. The zero-order valence-corrected chi connectivity index (χ0v) is 10.5. The smallest absolute Gasteiger partial charge is 0.0132 e. The van der Waals surface area contributed by atoms with Crippen LogP contribution in [-0.4, -0.2) is 0 Å². The van der Waals surface area contributed by atoms with Crippen molar-refractivity contribution in [3.63, 3.8) is 0 Å². The second kappa shape index (κ2) is 4.80. The van der Waals surface area contributed by atoms with Gasteiger partial charge in [-0.1, -0.05) is 65.3 Å². The van der Waals surface area contributed by atoms with Gasteiger partial charge in [-0.05, 0) is 29.9 Å². The molecule has 1 aromatic rings. The van der Waals surface area contributed by atoms with E-state index in [-0.39, 0.29) is 0 Å². The normalized spacial score (nSPS) is 26.5. The molecule has 0 bridgehead atoms. The summed E-state index contributed by atoms with van der Waals surface area (Å²) in [6.45, 7) is 2.25. The first-order chi connectivity index (χ1) is 7.27. The average Bonchev–Trinajstić information content (AvgIpc) is 2.32. The van der Waals surface area contributed by atoms with Crippen LogP contribution in [0.5, 0.6) is 0 Å². The Morgan fingerprint density at radius 2 is 2.07 bits per heavy atom. The van der Waals surface area contributed by atoms with Gasteiger partial charge in [0.15, 0.2) is 0 Å². The summed E-state index contributed by atoms with van der Waals surface area (Å²) in [5.74, 6) is 0.500. The summed E-state index contributed by atoms with van der Waals surface area (Å²) in [7, 11) is 0. The molecule has 2 rings (SSSR count). The van der Waals surface area contributed by atoms with Crippen LogP contribution in [0.3, 0.4) is 0 Å². The van der Waals surface area contributed by atoms with E-state index in [1.54, 1.807) is 0 Å². The van der Waals surface area contributed by atoms with Crippen LogP contribution in [0.15, 0.2) is 47.0 Å². The fraction of sp³-hybridized carbons (Fsp3) is 0.286. The van der Waals surface area contributed by atoms with E-state index < -0.39 is 0 Å². The molecule has 1 unspecified atom stereocenters. The Hall–Kier alpha value is -0.820. The predicted octanol–water partition coefficient (Wildman–Crippen LogP) is 4.57. The van der Waals surface area contributed by atoms with E-state index in [0.717, 1.165) is 12.8 Å². The molecule has 1 aliphatic rings. The van der Waals surface area contributed by atoms with Crippen molar-refractivity contribution in [2.45, 2.75) is 25.7 Å². The highest BCUT2D eigenvalue weighted by Crippen LogP contribution is 2.25. The van der Waals surface area contributed by atoms with Crippen LogP contribution >= 0.6 is 15.9 Å². The molecular weight excluding hydrogens is 248 g/mol. The first-order valence-electron chi connectivity index (χ1n) is 5.39.